The molecule has 3 nitrogen and oxygen atoms in total. The van der Waals surface area contributed by atoms with Crippen LogP contribution < -0.4 is 0 Å². The Morgan fingerprint density at radius 3 is 2.31 bits per heavy atom. The zero-order valence-corrected chi connectivity index (χ0v) is 18.4. The number of hydrogen-bond donors (Lipinski definition) is 0. The van der Waals surface area contributed by atoms with Crippen molar-refractivity contribution >= 4 is 40.0 Å². The third-order valence-electron chi connectivity index (χ3n) is 5.00. The van der Waals surface area contributed by atoms with Crippen molar-refractivity contribution in [2.24, 2.45) is 0 Å². The van der Waals surface area contributed by atoms with Crippen molar-refractivity contribution in [3.05, 3.63) is 64.1 Å². The van der Waals surface area contributed by atoms with Gasteiger partial charge in [-0.15, -0.1) is 0 Å². The average Bonchev–Trinajstić information content (AvgIpc) is 2.72. The molecule has 0 bridgehead atoms. The highest BCUT2D eigenvalue weighted by Gasteiger charge is 2.20. The molecule has 0 spiro atoms. The first-order chi connectivity index (χ1) is 14.0. The van der Waals surface area contributed by atoms with Gasteiger partial charge in [0, 0.05) is 29.1 Å². The van der Waals surface area contributed by atoms with Gasteiger partial charge in [0.05, 0.1) is 21.8 Å². The molecule has 1 aromatic heterocycles. The lowest BCUT2D eigenvalue weighted by Gasteiger charge is -2.23. The average molecular weight is 429 g/mol. The maximum Gasteiger partial charge on any atom is 0.254 e. The molecule has 1 heterocycles. The van der Waals surface area contributed by atoms with Gasteiger partial charge in [0.1, 0.15) is 0 Å². The van der Waals surface area contributed by atoms with Gasteiger partial charge in [-0.2, -0.15) is 0 Å². The van der Waals surface area contributed by atoms with Crippen molar-refractivity contribution in [1.82, 2.24) is 9.88 Å². The monoisotopic (exact) mass is 428 g/mol. The van der Waals surface area contributed by atoms with E-state index in [9.17, 15) is 4.79 Å². The molecule has 3 rings (SSSR count). The highest BCUT2D eigenvalue weighted by molar-refractivity contribution is 6.36. The second-order valence-corrected chi connectivity index (χ2v) is 8.04. The summed E-state index contributed by atoms with van der Waals surface area (Å²) in [6.45, 7) is 5.82. The lowest BCUT2D eigenvalue weighted by Crippen LogP contribution is -2.33. The standard InChI is InChI=1S/C24H26Cl2N2O/c1-3-5-13-28(14-6-4-2)24(29)20-16-23(19-12-11-17(25)15-21(19)26)27-22-10-8-7-9-18(20)22/h7-12,15-16H,3-6,13-14H2,1-2H3. The van der Waals surface area contributed by atoms with E-state index in [1.807, 2.05) is 41.3 Å². The number of amides is 1. The number of pyridine rings is 1. The molecule has 2 aromatic carbocycles. The third-order valence-corrected chi connectivity index (χ3v) is 5.55. The van der Waals surface area contributed by atoms with E-state index in [0.717, 1.165) is 55.2 Å². The van der Waals surface area contributed by atoms with Gasteiger partial charge in [-0.1, -0.05) is 68.1 Å². The van der Waals surface area contributed by atoms with E-state index in [4.69, 9.17) is 28.2 Å². The Bertz CT molecular complexity index is 995. The van der Waals surface area contributed by atoms with Crippen LogP contribution in [0.1, 0.15) is 49.9 Å². The molecule has 3 aromatic rings. The molecule has 0 aliphatic rings. The molecule has 0 saturated heterocycles. The summed E-state index contributed by atoms with van der Waals surface area (Å²) in [6, 6.07) is 15.0. The van der Waals surface area contributed by atoms with Crippen LogP contribution in [0.25, 0.3) is 22.2 Å². The van der Waals surface area contributed by atoms with Gasteiger partial charge in [-0.05, 0) is 43.2 Å². The molecule has 5 heteroatoms. The fourth-order valence-corrected chi connectivity index (χ4v) is 3.88. The highest BCUT2D eigenvalue weighted by atomic mass is 35.5. The molecule has 29 heavy (non-hydrogen) atoms. The number of benzene rings is 2. The molecule has 0 unspecified atom stereocenters. The SMILES string of the molecule is CCCCN(CCCC)C(=O)c1cc(-c2ccc(Cl)cc2Cl)nc2ccccc12. The topological polar surface area (TPSA) is 33.2 Å². The number of hydrogen-bond acceptors (Lipinski definition) is 2. The van der Waals surface area contributed by atoms with E-state index in [1.54, 1.807) is 12.1 Å². The number of unbranched alkanes of at least 4 members (excludes halogenated alkanes) is 2. The van der Waals surface area contributed by atoms with Crippen LogP contribution in [0.5, 0.6) is 0 Å². The van der Waals surface area contributed by atoms with Crippen LogP contribution in [-0.4, -0.2) is 28.9 Å². The van der Waals surface area contributed by atoms with Crippen molar-refractivity contribution in [3.63, 3.8) is 0 Å². The molecular formula is C24H26Cl2N2O. The van der Waals surface area contributed by atoms with Crippen molar-refractivity contribution in [2.45, 2.75) is 39.5 Å². The van der Waals surface area contributed by atoms with E-state index in [-0.39, 0.29) is 5.91 Å². The Balaban J connectivity index is 2.11. The Kier molecular flexibility index (Phi) is 7.51. The van der Waals surface area contributed by atoms with E-state index in [2.05, 4.69) is 13.8 Å². The van der Waals surface area contributed by atoms with E-state index in [1.165, 1.54) is 0 Å². The van der Waals surface area contributed by atoms with Gasteiger partial charge in [-0.3, -0.25) is 4.79 Å². The molecule has 0 aliphatic carbocycles. The number of carbonyl (C=O) groups excluding carboxylic acids is 1. The van der Waals surface area contributed by atoms with Gasteiger partial charge in [-0.25, -0.2) is 4.98 Å². The van der Waals surface area contributed by atoms with Crippen molar-refractivity contribution < 1.29 is 4.79 Å². The summed E-state index contributed by atoms with van der Waals surface area (Å²) in [5.74, 6) is 0.0526. The molecule has 0 aliphatic heterocycles. The van der Waals surface area contributed by atoms with Crippen LogP contribution >= 0.6 is 23.2 Å². The molecular weight excluding hydrogens is 403 g/mol. The summed E-state index contributed by atoms with van der Waals surface area (Å²) in [6.07, 6.45) is 4.10. The van der Waals surface area contributed by atoms with Gasteiger partial charge in [0.15, 0.2) is 0 Å². The van der Waals surface area contributed by atoms with Gasteiger partial charge in [0.2, 0.25) is 0 Å². The van der Waals surface area contributed by atoms with Crippen molar-refractivity contribution in [2.75, 3.05) is 13.1 Å². The van der Waals surface area contributed by atoms with Crippen LogP contribution in [0.2, 0.25) is 10.0 Å². The second-order valence-electron chi connectivity index (χ2n) is 7.20. The fourth-order valence-electron chi connectivity index (χ4n) is 3.37. The van der Waals surface area contributed by atoms with Crippen LogP contribution in [0.4, 0.5) is 0 Å². The molecule has 1 amide bonds. The number of fused-ring (bicyclic) bond motifs is 1. The third kappa shape index (κ3) is 5.09. The van der Waals surface area contributed by atoms with Crippen LogP contribution in [0.3, 0.4) is 0 Å². The van der Waals surface area contributed by atoms with E-state index >= 15 is 0 Å². The largest absolute Gasteiger partial charge is 0.339 e. The molecule has 0 saturated carbocycles. The maximum atomic E-state index is 13.5. The van der Waals surface area contributed by atoms with Crippen LogP contribution in [0.15, 0.2) is 48.5 Å². The first kappa shape index (κ1) is 21.6. The predicted molar refractivity (Wildman–Crippen MR) is 123 cm³/mol. The number of carbonyl (C=O) groups is 1. The van der Waals surface area contributed by atoms with E-state index < -0.39 is 0 Å². The summed E-state index contributed by atoms with van der Waals surface area (Å²) in [5, 5.41) is 1.96. The fraction of sp³-hybridized carbons (Fsp3) is 0.333. The van der Waals surface area contributed by atoms with Gasteiger partial charge in [0.25, 0.3) is 5.91 Å². The van der Waals surface area contributed by atoms with Gasteiger partial charge < -0.3 is 4.90 Å². The number of halogens is 2. The smallest absolute Gasteiger partial charge is 0.254 e. The molecule has 0 fully saturated rings. The Morgan fingerprint density at radius 1 is 0.966 bits per heavy atom. The summed E-state index contributed by atoms with van der Waals surface area (Å²) in [4.78, 5) is 20.3. The highest BCUT2D eigenvalue weighted by Crippen LogP contribution is 2.32. The molecule has 0 radical (unpaired) electrons. The number of nitrogens with zero attached hydrogens (tertiary/aromatic N) is 2. The van der Waals surface area contributed by atoms with Crippen LogP contribution in [-0.2, 0) is 0 Å². The Labute approximate surface area is 182 Å². The summed E-state index contributed by atoms with van der Waals surface area (Å²) < 4.78 is 0. The first-order valence-electron chi connectivity index (χ1n) is 10.2. The second kappa shape index (κ2) is 10.1. The first-order valence-corrected chi connectivity index (χ1v) is 10.9. The van der Waals surface area contributed by atoms with Crippen LogP contribution in [0, 0.1) is 0 Å². The van der Waals surface area contributed by atoms with Crippen molar-refractivity contribution in [3.8, 4) is 11.3 Å². The summed E-state index contributed by atoms with van der Waals surface area (Å²) >= 11 is 12.5. The lowest BCUT2D eigenvalue weighted by atomic mass is 10.0. The van der Waals surface area contributed by atoms with Crippen molar-refractivity contribution in [1.29, 1.82) is 0 Å². The predicted octanol–water partition coefficient (Wildman–Crippen LogP) is 7.25. The molecule has 0 atom stereocenters. The zero-order valence-electron chi connectivity index (χ0n) is 16.9. The summed E-state index contributed by atoms with van der Waals surface area (Å²) in [5.41, 5.74) is 2.90. The lowest BCUT2D eigenvalue weighted by molar-refractivity contribution is 0.0753. The Hall–Kier alpha value is -2.10. The number of para-hydroxylation sites is 1. The minimum absolute atomic E-state index is 0.0526. The Morgan fingerprint density at radius 2 is 1.66 bits per heavy atom. The number of rotatable bonds is 8. The summed E-state index contributed by atoms with van der Waals surface area (Å²) in [7, 11) is 0. The van der Waals surface area contributed by atoms with Gasteiger partial charge >= 0.3 is 0 Å². The van der Waals surface area contributed by atoms with E-state index in [0.29, 0.717) is 21.3 Å². The maximum absolute atomic E-state index is 13.5. The number of aromatic nitrogens is 1. The molecule has 0 N–H and O–H groups in total. The molecule has 152 valence electrons. The minimum Gasteiger partial charge on any atom is -0.339 e. The normalized spacial score (nSPS) is 11.0. The minimum atomic E-state index is 0.0526. The zero-order chi connectivity index (χ0) is 20.8. The quantitative estimate of drug-likeness (QED) is 0.378.